The molecule has 2 heterocycles. The molecular formula is C13H14N4O2. The van der Waals surface area contributed by atoms with Crippen molar-refractivity contribution in [1.29, 1.82) is 0 Å². The second-order valence-corrected chi connectivity index (χ2v) is 4.29. The van der Waals surface area contributed by atoms with Crippen molar-refractivity contribution < 1.29 is 9.90 Å². The lowest BCUT2D eigenvalue weighted by atomic mass is 9.98. The molecule has 1 atom stereocenters. The molecule has 0 aliphatic carbocycles. The third kappa shape index (κ3) is 2.57. The lowest BCUT2D eigenvalue weighted by Crippen LogP contribution is -2.13. The second-order valence-electron chi connectivity index (χ2n) is 4.29. The molecule has 0 aromatic carbocycles. The van der Waals surface area contributed by atoms with Crippen LogP contribution >= 0.6 is 0 Å². The second kappa shape index (κ2) is 5.09. The number of aliphatic carboxylic acids is 1. The number of nitrogens with zero attached hydrogens (tertiary/aromatic N) is 4. The molecule has 0 radical (unpaired) electrons. The van der Waals surface area contributed by atoms with Crippen molar-refractivity contribution in [3.05, 3.63) is 35.5 Å². The van der Waals surface area contributed by atoms with Gasteiger partial charge in [-0.2, -0.15) is 0 Å². The first-order valence-electron chi connectivity index (χ1n) is 5.85. The Balaban J connectivity index is 2.51. The van der Waals surface area contributed by atoms with E-state index in [2.05, 4.69) is 19.9 Å². The van der Waals surface area contributed by atoms with Crippen molar-refractivity contribution in [2.75, 3.05) is 0 Å². The average molecular weight is 258 g/mol. The highest BCUT2D eigenvalue weighted by Crippen LogP contribution is 2.23. The molecule has 0 saturated heterocycles. The van der Waals surface area contributed by atoms with Gasteiger partial charge in [-0.15, -0.1) is 0 Å². The van der Waals surface area contributed by atoms with E-state index in [1.54, 1.807) is 33.0 Å². The summed E-state index contributed by atoms with van der Waals surface area (Å²) in [6, 6.07) is 1.72. The number of carbonyl (C=O) groups is 1. The number of hydrogen-bond acceptors (Lipinski definition) is 5. The summed E-state index contributed by atoms with van der Waals surface area (Å²) >= 11 is 0. The molecule has 0 spiro atoms. The average Bonchev–Trinajstić information content (AvgIpc) is 2.38. The van der Waals surface area contributed by atoms with Gasteiger partial charge in [-0.05, 0) is 26.8 Å². The number of carboxylic acid groups (broad SMARTS) is 1. The van der Waals surface area contributed by atoms with Gasteiger partial charge in [0.1, 0.15) is 12.0 Å². The smallest absolute Gasteiger partial charge is 0.310 e. The minimum absolute atomic E-state index is 0.485. The van der Waals surface area contributed by atoms with Gasteiger partial charge in [-0.25, -0.2) is 19.9 Å². The molecule has 0 bridgehead atoms. The van der Waals surface area contributed by atoms with Gasteiger partial charge in [-0.1, -0.05) is 0 Å². The SMILES string of the molecule is Cc1nc(-c2ccncn2)nc(C)c1C(C)C(=O)O. The first-order chi connectivity index (χ1) is 9.00. The van der Waals surface area contributed by atoms with Crippen molar-refractivity contribution in [2.45, 2.75) is 26.7 Å². The predicted octanol–water partition coefficient (Wildman–Crippen LogP) is 1.74. The van der Waals surface area contributed by atoms with Crippen LogP contribution in [0.1, 0.15) is 29.8 Å². The van der Waals surface area contributed by atoms with Crippen LogP contribution in [0.4, 0.5) is 0 Å². The molecule has 0 fully saturated rings. The zero-order valence-electron chi connectivity index (χ0n) is 11.0. The van der Waals surface area contributed by atoms with E-state index in [0.717, 1.165) is 0 Å². The molecule has 19 heavy (non-hydrogen) atoms. The normalized spacial score (nSPS) is 12.2. The van der Waals surface area contributed by atoms with Gasteiger partial charge >= 0.3 is 5.97 Å². The summed E-state index contributed by atoms with van der Waals surface area (Å²) in [5.41, 5.74) is 2.60. The number of carboxylic acids is 1. The van der Waals surface area contributed by atoms with Crippen molar-refractivity contribution in [2.24, 2.45) is 0 Å². The molecule has 2 aromatic rings. The van der Waals surface area contributed by atoms with Crippen LogP contribution in [0.15, 0.2) is 18.6 Å². The predicted molar refractivity (Wildman–Crippen MR) is 68.6 cm³/mol. The molecule has 2 rings (SSSR count). The first-order valence-corrected chi connectivity index (χ1v) is 5.85. The summed E-state index contributed by atoms with van der Waals surface area (Å²) in [6.45, 7) is 5.20. The Morgan fingerprint density at radius 2 is 1.89 bits per heavy atom. The zero-order chi connectivity index (χ0) is 14.0. The van der Waals surface area contributed by atoms with Crippen LogP contribution in [0.5, 0.6) is 0 Å². The largest absolute Gasteiger partial charge is 0.481 e. The number of hydrogen-bond donors (Lipinski definition) is 1. The minimum Gasteiger partial charge on any atom is -0.481 e. The summed E-state index contributed by atoms with van der Waals surface area (Å²) in [4.78, 5) is 27.7. The Morgan fingerprint density at radius 3 is 2.37 bits per heavy atom. The van der Waals surface area contributed by atoms with Crippen LogP contribution in [-0.2, 0) is 4.79 Å². The molecule has 6 nitrogen and oxygen atoms in total. The molecule has 2 aromatic heterocycles. The minimum atomic E-state index is -0.885. The van der Waals surface area contributed by atoms with Crippen molar-refractivity contribution in [3.63, 3.8) is 0 Å². The Bertz CT molecular complexity index is 590. The molecule has 0 aliphatic rings. The summed E-state index contributed by atoms with van der Waals surface area (Å²) in [5.74, 6) is -1.03. The standard InChI is InChI=1S/C13H14N4O2/c1-7(13(18)19)11-8(2)16-12(17-9(11)3)10-4-5-14-6-15-10/h4-7H,1-3H3,(H,18,19). The fraction of sp³-hybridized carbons (Fsp3) is 0.308. The molecule has 1 unspecified atom stereocenters. The zero-order valence-corrected chi connectivity index (χ0v) is 11.0. The van der Waals surface area contributed by atoms with E-state index < -0.39 is 11.9 Å². The van der Waals surface area contributed by atoms with Gasteiger partial charge in [0.05, 0.1) is 5.92 Å². The monoisotopic (exact) mass is 258 g/mol. The highest BCUT2D eigenvalue weighted by atomic mass is 16.4. The lowest BCUT2D eigenvalue weighted by Gasteiger charge is -2.13. The van der Waals surface area contributed by atoms with Crippen LogP contribution in [0, 0.1) is 13.8 Å². The van der Waals surface area contributed by atoms with Gasteiger partial charge in [0.15, 0.2) is 5.82 Å². The number of rotatable bonds is 3. The van der Waals surface area contributed by atoms with Gasteiger partial charge < -0.3 is 5.11 Å². The molecule has 0 amide bonds. The van der Waals surface area contributed by atoms with Gasteiger partial charge in [0.25, 0.3) is 0 Å². The quantitative estimate of drug-likeness (QED) is 0.902. The number of aryl methyl sites for hydroxylation is 2. The third-order valence-corrected chi connectivity index (χ3v) is 2.94. The number of aromatic nitrogens is 4. The van der Waals surface area contributed by atoms with Gasteiger partial charge in [0, 0.05) is 23.1 Å². The fourth-order valence-corrected chi connectivity index (χ4v) is 2.01. The van der Waals surface area contributed by atoms with Crippen molar-refractivity contribution in [1.82, 2.24) is 19.9 Å². The topological polar surface area (TPSA) is 88.9 Å². The Morgan fingerprint density at radius 1 is 1.26 bits per heavy atom. The molecule has 98 valence electrons. The molecule has 0 saturated carbocycles. The van der Waals surface area contributed by atoms with E-state index in [4.69, 9.17) is 5.11 Å². The highest BCUT2D eigenvalue weighted by Gasteiger charge is 2.21. The Kier molecular flexibility index (Phi) is 3.50. The third-order valence-electron chi connectivity index (χ3n) is 2.94. The maximum Gasteiger partial charge on any atom is 0.310 e. The Labute approximate surface area is 110 Å². The maximum absolute atomic E-state index is 11.1. The van der Waals surface area contributed by atoms with Gasteiger partial charge in [0.2, 0.25) is 0 Å². The van der Waals surface area contributed by atoms with E-state index in [1.165, 1.54) is 6.33 Å². The van der Waals surface area contributed by atoms with Crippen molar-refractivity contribution >= 4 is 5.97 Å². The van der Waals surface area contributed by atoms with Crippen LogP contribution < -0.4 is 0 Å². The van der Waals surface area contributed by atoms with E-state index in [0.29, 0.717) is 28.5 Å². The van der Waals surface area contributed by atoms with Crippen LogP contribution in [0.3, 0.4) is 0 Å². The lowest BCUT2D eigenvalue weighted by molar-refractivity contribution is -0.138. The molecule has 1 N–H and O–H groups in total. The van der Waals surface area contributed by atoms with Gasteiger partial charge in [-0.3, -0.25) is 4.79 Å². The summed E-state index contributed by atoms with van der Waals surface area (Å²) in [7, 11) is 0. The van der Waals surface area contributed by atoms with E-state index in [1.807, 2.05) is 0 Å². The van der Waals surface area contributed by atoms with Crippen LogP contribution in [0.25, 0.3) is 11.5 Å². The fourth-order valence-electron chi connectivity index (χ4n) is 2.01. The highest BCUT2D eigenvalue weighted by molar-refractivity contribution is 5.76. The van der Waals surface area contributed by atoms with E-state index >= 15 is 0 Å². The van der Waals surface area contributed by atoms with E-state index in [-0.39, 0.29) is 0 Å². The van der Waals surface area contributed by atoms with Crippen LogP contribution in [-0.4, -0.2) is 31.0 Å². The van der Waals surface area contributed by atoms with Crippen molar-refractivity contribution in [3.8, 4) is 11.5 Å². The molecule has 0 aliphatic heterocycles. The summed E-state index contributed by atoms with van der Waals surface area (Å²) in [5, 5.41) is 9.09. The first kappa shape index (κ1) is 13.1. The maximum atomic E-state index is 11.1. The summed E-state index contributed by atoms with van der Waals surface area (Å²) < 4.78 is 0. The molecule has 6 heteroatoms. The molecular weight excluding hydrogens is 244 g/mol. The summed E-state index contributed by atoms with van der Waals surface area (Å²) in [6.07, 6.45) is 3.04. The Hall–Kier alpha value is -2.37. The van der Waals surface area contributed by atoms with E-state index in [9.17, 15) is 4.79 Å². The van der Waals surface area contributed by atoms with Crippen LogP contribution in [0.2, 0.25) is 0 Å².